The van der Waals surface area contributed by atoms with Crippen molar-refractivity contribution in [3.63, 3.8) is 0 Å². The molecule has 1 saturated carbocycles. The van der Waals surface area contributed by atoms with E-state index < -0.39 is 28.8 Å². The number of benzene rings is 1. The lowest BCUT2D eigenvalue weighted by Gasteiger charge is -2.32. The fraction of sp³-hybridized carbons (Fsp3) is 0.526. The predicted octanol–water partition coefficient (Wildman–Crippen LogP) is 3.44. The molecule has 0 saturated heterocycles. The summed E-state index contributed by atoms with van der Waals surface area (Å²) in [6.45, 7) is 3.30. The Balaban J connectivity index is 1.87. The number of hydrogen-bond acceptors (Lipinski definition) is 5. The van der Waals surface area contributed by atoms with Gasteiger partial charge in [0.2, 0.25) is 0 Å². The van der Waals surface area contributed by atoms with Crippen molar-refractivity contribution in [3.05, 3.63) is 30.3 Å². The van der Waals surface area contributed by atoms with Gasteiger partial charge in [-0.3, -0.25) is 9.59 Å². The van der Waals surface area contributed by atoms with E-state index >= 15 is 0 Å². The maximum absolute atomic E-state index is 12.3. The largest absolute Gasteiger partial charge is 0.452 e. The second-order valence-corrected chi connectivity index (χ2v) is 7.81. The Bertz CT molecular complexity index is 636. The Labute approximate surface area is 153 Å². The lowest BCUT2D eigenvalue weighted by atomic mass is 9.83. The zero-order valence-corrected chi connectivity index (χ0v) is 15.5. The maximum atomic E-state index is 12.3. The van der Waals surface area contributed by atoms with Crippen molar-refractivity contribution in [1.29, 1.82) is 5.26 Å². The quantitative estimate of drug-likeness (QED) is 0.621. The highest BCUT2D eigenvalue weighted by Crippen LogP contribution is 2.28. The van der Waals surface area contributed by atoms with Gasteiger partial charge in [0.15, 0.2) is 6.10 Å². The smallest absolute Gasteiger partial charge is 0.319 e. The second-order valence-electron chi connectivity index (χ2n) is 6.40. The topological polar surface area (TPSA) is 79.2 Å². The minimum absolute atomic E-state index is 0.409. The normalized spacial score (nSPS) is 18.4. The highest BCUT2D eigenvalue weighted by atomic mass is 32.2. The van der Waals surface area contributed by atoms with Crippen molar-refractivity contribution in [2.45, 2.75) is 67.7 Å². The third-order valence-electron chi connectivity index (χ3n) is 4.33. The number of rotatable bonds is 6. The molecule has 5 nitrogen and oxygen atoms in total. The molecule has 1 aromatic rings. The van der Waals surface area contributed by atoms with Crippen LogP contribution in [0.5, 0.6) is 0 Å². The van der Waals surface area contributed by atoms with Crippen molar-refractivity contribution in [1.82, 2.24) is 5.32 Å². The van der Waals surface area contributed by atoms with E-state index in [2.05, 4.69) is 11.4 Å². The molecule has 0 unspecified atom stereocenters. The number of nitrogens with zero attached hydrogens (tertiary/aromatic N) is 1. The maximum Gasteiger partial charge on any atom is 0.319 e. The van der Waals surface area contributed by atoms with Crippen LogP contribution in [0.2, 0.25) is 0 Å². The number of esters is 1. The van der Waals surface area contributed by atoms with Crippen LogP contribution in [0.4, 0.5) is 0 Å². The van der Waals surface area contributed by atoms with E-state index in [9.17, 15) is 14.9 Å². The van der Waals surface area contributed by atoms with Crippen LogP contribution in [-0.2, 0) is 14.3 Å². The Morgan fingerprint density at radius 1 is 1.20 bits per heavy atom. The summed E-state index contributed by atoms with van der Waals surface area (Å²) in [6.07, 6.45) is 3.31. The molecule has 1 N–H and O–H groups in total. The number of carbonyl (C=O) groups excluding carboxylic acids is 2. The number of hydrogen-bond donors (Lipinski definition) is 1. The van der Waals surface area contributed by atoms with Crippen LogP contribution in [0.15, 0.2) is 35.2 Å². The minimum atomic E-state index is -0.918. The Kier molecular flexibility index (Phi) is 6.89. The van der Waals surface area contributed by atoms with Gasteiger partial charge in [0.25, 0.3) is 5.91 Å². The standard InChI is InChI=1S/C19H24N2O3S/c1-14(17(22)21-19(13-20)11-7-4-8-12-19)24-18(23)15(2)25-16-9-5-3-6-10-16/h3,5-6,9-10,14-15H,4,7-8,11-12H2,1-2H3,(H,21,22)/t14-,15-/m1/s1. The molecule has 0 bridgehead atoms. The van der Waals surface area contributed by atoms with Gasteiger partial charge in [-0.1, -0.05) is 37.5 Å². The number of amides is 1. The number of thioether (sulfide) groups is 1. The number of nitriles is 1. The molecule has 2 atom stereocenters. The third kappa shape index (κ3) is 5.50. The Morgan fingerprint density at radius 2 is 1.84 bits per heavy atom. The minimum Gasteiger partial charge on any atom is -0.452 e. The average molecular weight is 360 g/mol. The fourth-order valence-corrected chi connectivity index (χ4v) is 3.71. The molecule has 1 amide bonds. The van der Waals surface area contributed by atoms with E-state index in [-0.39, 0.29) is 0 Å². The summed E-state index contributed by atoms with van der Waals surface area (Å²) < 4.78 is 5.30. The first-order valence-corrected chi connectivity index (χ1v) is 9.49. The van der Waals surface area contributed by atoms with Crippen molar-refractivity contribution in [2.75, 3.05) is 0 Å². The molecule has 0 aromatic heterocycles. The number of ether oxygens (including phenoxy) is 1. The van der Waals surface area contributed by atoms with Gasteiger partial charge in [-0.2, -0.15) is 5.26 Å². The van der Waals surface area contributed by atoms with Crippen LogP contribution in [0.1, 0.15) is 46.0 Å². The summed E-state index contributed by atoms with van der Waals surface area (Å²) in [5, 5.41) is 11.8. The second kappa shape index (κ2) is 8.91. The SMILES string of the molecule is C[C@@H](OC(=O)[C@@H](C)Sc1ccccc1)C(=O)NC1(C#N)CCCCC1. The van der Waals surface area contributed by atoms with Gasteiger partial charge in [0.05, 0.1) is 6.07 Å². The van der Waals surface area contributed by atoms with Crippen LogP contribution in [0, 0.1) is 11.3 Å². The molecule has 0 heterocycles. The molecule has 1 aliphatic carbocycles. The molecule has 0 radical (unpaired) electrons. The van der Waals surface area contributed by atoms with E-state index in [0.717, 1.165) is 24.2 Å². The first kappa shape index (κ1) is 19.3. The van der Waals surface area contributed by atoms with Gasteiger partial charge < -0.3 is 10.1 Å². The highest BCUT2D eigenvalue weighted by Gasteiger charge is 2.35. The van der Waals surface area contributed by atoms with Crippen LogP contribution < -0.4 is 5.32 Å². The Morgan fingerprint density at radius 3 is 2.44 bits per heavy atom. The third-order valence-corrected chi connectivity index (χ3v) is 5.42. The first-order valence-electron chi connectivity index (χ1n) is 8.61. The zero-order valence-electron chi connectivity index (χ0n) is 14.7. The van der Waals surface area contributed by atoms with Crippen LogP contribution in [-0.4, -0.2) is 28.8 Å². The van der Waals surface area contributed by atoms with Crippen molar-refractivity contribution in [3.8, 4) is 6.07 Å². The molecule has 1 aliphatic rings. The first-order chi connectivity index (χ1) is 12.0. The van der Waals surface area contributed by atoms with E-state index in [0.29, 0.717) is 12.8 Å². The summed E-state index contributed by atoms with van der Waals surface area (Å²) in [5.74, 6) is -0.847. The molecule has 0 spiro atoms. The average Bonchev–Trinajstić information content (AvgIpc) is 2.63. The van der Waals surface area contributed by atoms with E-state index in [1.54, 1.807) is 13.8 Å². The lowest BCUT2D eigenvalue weighted by molar-refractivity contribution is -0.154. The molecule has 0 aliphatic heterocycles. The van der Waals surface area contributed by atoms with Crippen molar-refractivity contribution in [2.24, 2.45) is 0 Å². The van der Waals surface area contributed by atoms with Gasteiger partial charge in [-0.25, -0.2) is 0 Å². The number of carbonyl (C=O) groups is 2. The lowest BCUT2D eigenvalue weighted by Crippen LogP contribution is -2.52. The van der Waals surface area contributed by atoms with Gasteiger partial charge in [0.1, 0.15) is 10.8 Å². The molecule has 1 fully saturated rings. The van der Waals surface area contributed by atoms with Gasteiger partial charge in [0, 0.05) is 4.90 Å². The summed E-state index contributed by atoms with van der Waals surface area (Å²) in [7, 11) is 0. The summed E-state index contributed by atoms with van der Waals surface area (Å²) in [5.41, 5.74) is -0.819. The summed E-state index contributed by atoms with van der Waals surface area (Å²) in [6, 6.07) is 11.8. The summed E-state index contributed by atoms with van der Waals surface area (Å²) >= 11 is 1.39. The van der Waals surface area contributed by atoms with E-state index in [4.69, 9.17) is 4.74 Å². The van der Waals surface area contributed by atoms with Gasteiger partial charge >= 0.3 is 5.97 Å². The molecule has 25 heavy (non-hydrogen) atoms. The molecule has 134 valence electrons. The molecule has 6 heteroatoms. The molecule has 2 rings (SSSR count). The van der Waals surface area contributed by atoms with Crippen molar-refractivity contribution >= 4 is 23.6 Å². The number of nitrogens with one attached hydrogen (secondary N) is 1. The fourth-order valence-electron chi connectivity index (χ4n) is 2.83. The van der Waals surface area contributed by atoms with E-state index in [1.807, 2.05) is 30.3 Å². The molecular formula is C19H24N2O3S. The van der Waals surface area contributed by atoms with Crippen molar-refractivity contribution < 1.29 is 14.3 Å². The monoisotopic (exact) mass is 360 g/mol. The highest BCUT2D eigenvalue weighted by molar-refractivity contribution is 8.00. The predicted molar refractivity (Wildman–Crippen MR) is 96.9 cm³/mol. The van der Waals surface area contributed by atoms with Crippen LogP contribution >= 0.6 is 11.8 Å². The molecule has 1 aromatic carbocycles. The van der Waals surface area contributed by atoms with Crippen LogP contribution in [0.3, 0.4) is 0 Å². The van der Waals surface area contributed by atoms with Gasteiger partial charge in [-0.05, 0) is 38.8 Å². The van der Waals surface area contributed by atoms with Crippen LogP contribution in [0.25, 0.3) is 0 Å². The van der Waals surface area contributed by atoms with Gasteiger partial charge in [-0.15, -0.1) is 11.8 Å². The van der Waals surface area contributed by atoms with E-state index in [1.165, 1.54) is 11.8 Å². The zero-order chi connectivity index (χ0) is 18.3. The summed E-state index contributed by atoms with van der Waals surface area (Å²) in [4.78, 5) is 25.5. The molecular weight excluding hydrogens is 336 g/mol. The Hall–Kier alpha value is -2.00.